The summed E-state index contributed by atoms with van der Waals surface area (Å²) >= 11 is 0. The molecule has 0 radical (unpaired) electrons. The van der Waals surface area contributed by atoms with Crippen LogP contribution in [0.2, 0.25) is 0 Å². The molecule has 0 aliphatic heterocycles. The van der Waals surface area contributed by atoms with Gasteiger partial charge in [-0.15, -0.1) is 0 Å². The zero-order valence-electron chi connectivity index (χ0n) is 22.0. The smallest absolute Gasteiger partial charge is 0.264 e. The van der Waals surface area contributed by atoms with Gasteiger partial charge in [-0.25, -0.2) is 8.42 Å². The molecule has 3 aromatic rings. The first-order chi connectivity index (χ1) is 18.3. The van der Waals surface area contributed by atoms with Crippen molar-refractivity contribution in [3.63, 3.8) is 0 Å². The van der Waals surface area contributed by atoms with E-state index in [-0.39, 0.29) is 17.3 Å². The minimum Gasteiger partial charge on any atom is -0.497 e. The molecule has 0 bridgehead atoms. The number of amides is 2. The van der Waals surface area contributed by atoms with E-state index in [0.717, 1.165) is 9.87 Å². The van der Waals surface area contributed by atoms with Crippen LogP contribution in [0.5, 0.6) is 5.75 Å². The summed E-state index contributed by atoms with van der Waals surface area (Å²) in [6.45, 7) is 3.90. The Labute approximate surface area is 225 Å². The molecule has 1 atom stereocenters. The highest BCUT2D eigenvalue weighted by Gasteiger charge is 2.33. The van der Waals surface area contributed by atoms with Gasteiger partial charge < -0.3 is 15.0 Å². The molecule has 0 heterocycles. The van der Waals surface area contributed by atoms with Gasteiger partial charge in [-0.2, -0.15) is 0 Å². The summed E-state index contributed by atoms with van der Waals surface area (Å²) in [5.41, 5.74) is 1.37. The molecule has 0 aliphatic rings. The number of anilines is 1. The molecular formula is C29H35N3O5S. The molecule has 38 heavy (non-hydrogen) atoms. The average Bonchev–Trinajstić information content (AvgIpc) is 2.94. The number of hydrogen-bond donors (Lipinski definition) is 1. The summed E-state index contributed by atoms with van der Waals surface area (Å²) in [4.78, 5) is 28.3. The van der Waals surface area contributed by atoms with Crippen LogP contribution in [0.4, 0.5) is 5.69 Å². The monoisotopic (exact) mass is 537 g/mol. The number of ether oxygens (including phenoxy) is 1. The van der Waals surface area contributed by atoms with Crippen LogP contribution in [0.3, 0.4) is 0 Å². The van der Waals surface area contributed by atoms with Gasteiger partial charge in [0.15, 0.2) is 0 Å². The van der Waals surface area contributed by atoms with E-state index >= 15 is 0 Å². The normalized spacial score (nSPS) is 11.9. The topological polar surface area (TPSA) is 96.0 Å². The maximum Gasteiger partial charge on any atom is 0.264 e. The number of carbonyl (C=O) groups is 2. The fourth-order valence-electron chi connectivity index (χ4n) is 4.19. The maximum atomic E-state index is 13.9. The van der Waals surface area contributed by atoms with E-state index in [0.29, 0.717) is 30.8 Å². The fourth-order valence-corrected chi connectivity index (χ4v) is 5.60. The molecule has 2 amide bonds. The highest BCUT2D eigenvalue weighted by atomic mass is 32.2. The van der Waals surface area contributed by atoms with Gasteiger partial charge >= 0.3 is 0 Å². The van der Waals surface area contributed by atoms with E-state index in [4.69, 9.17) is 4.74 Å². The molecule has 0 unspecified atom stereocenters. The summed E-state index contributed by atoms with van der Waals surface area (Å²) in [5, 5.41) is 2.81. The SMILES string of the molecule is CCNC(=O)[C@@H](CC)N(CCc1ccccc1)C(=O)CN(c1ccccc1)S(=O)(=O)c1ccc(OC)cc1. The van der Waals surface area contributed by atoms with Crippen LogP contribution in [0.15, 0.2) is 89.8 Å². The number of nitrogens with one attached hydrogen (secondary N) is 1. The molecule has 0 aromatic heterocycles. The van der Waals surface area contributed by atoms with Gasteiger partial charge in [0.2, 0.25) is 11.8 Å². The minimum atomic E-state index is -4.11. The third-order valence-corrected chi connectivity index (χ3v) is 7.98. The van der Waals surface area contributed by atoms with Crippen molar-refractivity contribution in [1.29, 1.82) is 0 Å². The number of carbonyl (C=O) groups excluding carboxylic acids is 2. The van der Waals surface area contributed by atoms with Crippen LogP contribution in [-0.2, 0) is 26.0 Å². The van der Waals surface area contributed by atoms with Gasteiger partial charge in [-0.3, -0.25) is 13.9 Å². The quantitative estimate of drug-likeness (QED) is 0.357. The lowest BCUT2D eigenvalue weighted by Crippen LogP contribution is -2.53. The Bertz CT molecular complexity index is 1280. The van der Waals surface area contributed by atoms with Crippen molar-refractivity contribution in [2.24, 2.45) is 0 Å². The van der Waals surface area contributed by atoms with Crippen molar-refractivity contribution < 1.29 is 22.7 Å². The zero-order chi connectivity index (χ0) is 27.5. The minimum absolute atomic E-state index is 0.0292. The Morgan fingerprint density at radius 2 is 1.50 bits per heavy atom. The van der Waals surface area contributed by atoms with E-state index in [9.17, 15) is 18.0 Å². The second-order valence-electron chi connectivity index (χ2n) is 8.66. The molecule has 0 spiro atoms. The first-order valence-corrected chi connectivity index (χ1v) is 14.1. The van der Waals surface area contributed by atoms with Gasteiger partial charge in [-0.05, 0) is 61.7 Å². The lowest BCUT2D eigenvalue weighted by Gasteiger charge is -2.33. The Hall–Kier alpha value is -3.85. The van der Waals surface area contributed by atoms with Crippen LogP contribution in [-0.4, -0.2) is 57.9 Å². The van der Waals surface area contributed by atoms with Gasteiger partial charge in [0, 0.05) is 13.1 Å². The van der Waals surface area contributed by atoms with E-state index in [1.54, 1.807) is 42.5 Å². The van der Waals surface area contributed by atoms with Crippen molar-refractivity contribution >= 4 is 27.5 Å². The predicted octanol–water partition coefficient (Wildman–Crippen LogP) is 3.88. The molecule has 202 valence electrons. The standard InChI is InChI=1S/C29H35N3O5S/c1-4-27(29(34)30-5-2)31(21-20-23-12-8-6-9-13-23)28(33)22-32(24-14-10-7-11-15-24)38(35,36)26-18-16-25(37-3)17-19-26/h6-19,27H,4-5,20-22H2,1-3H3,(H,30,34)/t27-/m1/s1. The van der Waals surface area contributed by atoms with Crippen LogP contribution in [0, 0.1) is 0 Å². The van der Waals surface area contributed by atoms with Crippen molar-refractivity contribution in [1.82, 2.24) is 10.2 Å². The average molecular weight is 538 g/mol. The van der Waals surface area contributed by atoms with E-state index in [1.807, 2.05) is 44.2 Å². The molecule has 8 nitrogen and oxygen atoms in total. The number of para-hydroxylation sites is 1. The summed E-state index contributed by atoms with van der Waals surface area (Å²) in [5.74, 6) is -0.202. The van der Waals surface area contributed by atoms with E-state index in [1.165, 1.54) is 24.1 Å². The van der Waals surface area contributed by atoms with Gasteiger partial charge in [0.25, 0.3) is 10.0 Å². The van der Waals surface area contributed by atoms with Crippen LogP contribution in [0.25, 0.3) is 0 Å². The van der Waals surface area contributed by atoms with Crippen LogP contribution in [0.1, 0.15) is 25.8 Å². The summed E-state index contributed by atoms with van der Waals surface area (Å²) in [6, 6.07) is 23.5. The molecule has 0 saturated heterocycles. The number of methoxy groups -OCH3 is 1. The van der Waals surface area contributed by atoms with E-state index < -0.39 is 28.5 Å². The van der Waals surface area contributed by atoms with Gasteiger partial charge in [0.05, 0.1) is 17.7 Å². The molecule has 0 fully saturated rings. The number of rotatable bonds is 13. The van der Waals surface area contributed by atoms with Crippen molar-refractivity contribution in [3.05, 3.63) is 90.5 Å². The molecule has 0 saturated carbocycles. The lowest BCUT2D eigenvalue weighted by molar-refractivity contribution is -0.139. The largest absolute Gasteiger partial charge is 0.497 e. The number of likely N-dealkylation sites (N-methyl/N-ethyl adjacent to an activating group) is 1. The first kappa shape index (κ1) is 28.7. The van der Waals surface area contributed by atoms with Gasteiger partial charge in [-0.1, -0.05) is 55.5 Å². The molecule has 1 N–H and O–H groups in total. The van der Waals surface area contributed by atoms with E-state index in [2.05, 4.69) is 5.32 Å². The maximum absolute atomic E-state index is 13.9. The Morgan fingerprint density at radius 3 is 2.05 bits per heavy atom. The highest BCUT2D eigenvalue weighted by Crippen LogP contribution is 2.25. The number of nitrogens with zero attached hydrogens (tertiary/aromatic N) is 2. The Kier molecular flexibility index (Phi) is 10.3. The predicted molar refractivity (Wildman–Crippen MR) is 149 cm³/mol. The Morgan fingerprint density at radius 1 is 0.895 bits per heavy atom. The molecule has 3 rings (SSSR count). The number of sulfonamides is 1. The molecule has 3 aromatic carbocycles. The fraction of sp³-hybridized carbons (Fsp3) is 0.310. The summed E-state index contributed by atoms with van der Waals surface area (Å²) < 4.78 is 33.8. The van der Waals surface area contributed by atoms with Crippen molar-refractivity contribution in [2.45, 2.75) is 37.6 Å². The number of benzene rings is 3. The van der Waals surface area contributed by atoms with Gasteiger partial charge in [0.1, 0.15) is 18.3 Å². The molecule has 0 aliphatic carbocycles. The summed E-state index contributed by atoms with van der Waals surface area (Å²) in [6.07, 6.45) is 0.919. The number of hydrogen-bond acceptors (Lipinski definition) is 5. The van der Waals surface area contributed by atoms with Crippen LogP contribution >= 0.6 is 0 Å². The lowest BCUT2D eigenvalue weighted by atomic mass is 10.1. The first-order valence-electron chi connectivity index (χ1n) is 12.6. The zero-order valence-corrected chi connectivity index (χ0v) is 22.9. The second kappa shape index (κ2) is 13.6. The van der Waals surface area contributed by atoms with Crippen molar-refractivity contribution in [2.75, 3.05) is 31.0 Å². The highest BCUT2D eigenvalue weighted by molar-refractivity contribution is 7.92. The van der Waals surface area contributed by atoms with Crippen LogP contribution < -0.4 is 14.4 Å². The third kappa shape index (κ3) is 7.13. The Balaban J connectivity index is 1.97. The molecular weight excluding hydrogens is 502 g/mol. The van der Waals surface area contributed by atoms with Crippen molar-refractivity contribution in [3.8, 4) is 5.75 Å². The molecule has 9 heteroatoms. The third-order valence-electron chi connectivity index (χ3n) is 6.19. The summed E-state index contributed by atoms with van der Waals surface area (Å²) in [7, 11) is -2.61. The second-order valence-corrected chi connectivity index (χ2v) is 10.5.